The van der Waals surface area contributed by atoms with Crippen molar-refractivity contribution in [2.75, 3.05) is 32.7 Å². The number of imide groups is 1. The summed E-state index contributed by atoms with van der Waals surface area (Å²) >= 11 is 0. The van der Waals surface area contributed by atoms with Gasteiger partial charge >= 0.3 is 6.03 Å². The molecule has 2 aromatic rings. The third-order valence-corrected chi connectivity index (χ3v) is 4.96. The van der Waals surface area contributed by atoms with E-state index < -0.39 is 12.1 Å². The number of amides is 3. The van der Waals surface area contributed by atoms with Crippen molar-refractivity contribution in [2.45, 2.75) is 19.5 Å². The lowest BCUT2D eigenvalue weighted by molar-refractivity contribution is -0.126. The molecule has 0 radical (unpaired) electrons. The van der Waals surface area contributed by atoms with Gasteiger partial charge in [0.25, 0.3) is 0 Å². The largest absolute Gasteiger partial charge is 0.338 e. The molecule has 3 amide bonds. The summed E-state index contributed by atoms with van der Waals surface area (Å²) in [4.78, 5) is 29.3. The second-order valence-electron chi connectivity index (χ2n) is 6.96. The molecule has 1 fully saturated rings. The van der Waals surface area contributed by atoms with Crippen molar-refractivity contribution in [1.29, 1.82) is 0 Å². The number of carbonyl (C=O) groups is 2. The molecule has 1 saturated heterocycles. The summed E-state index contributed by atoms with van der Waals surface area (Å²) < 4.78 is 0. The minimum absolute atomic E-state index is 0.284. The first-order valence-electron chi connectivity index (χ1n) is 9.81. The van der Waals surface area contributed by atoms with Gasteiger partial charge in [-0.25, -0.2) is 4.79 Å². The van der Waals surface area contributed by atoms with Crippen molar-refractivity contribution in [2.24, 2.45) is 0 Å². The number of carbonyl (C=O) groups excluding carboxylic acids is 2. The fraction of sp³-hybridized carbons (Fsp3) is 0.364. The van der Waals surface area contributed by atoms with E-state index in [1.54, 1.807) is 0 Å². The molecule has 3 rings (SSSR count). The summed E-state index contributed by atoms with van der Waals surface area (Å²) in [6, 6.07) is 19.2. The molecule has 2 aromatic carbocycles. The Morgan fingerprint density at radius 2 is 1.54 bits per heavy atom. The molecular formula is C22H28N4O2. The Morgan fingerprint density at radius 3 is 2.14 bits per heavy atom. The average molecular weight is 380 g/mol. The van der Waals surface area contributed by atoms with Gasteiger partial charge in [0.1, 0.15) is 6.04 Å². The molecular weight excluding hydrogens is 352 g/mol. The summed E-state index contributed by atoms with van der Waals surface area (Å²) in [5, 5.41) is 5.11. The van der Waals surface area contributed by atoms with E-state index in [-0.39, 0.29) is 5.91 Å². The van der Waals surface area contributed by atoms with Crippen LogP contribution >= 0.6 is 0 Å². The van der Waals surface area contributed by atoms with Gasteiger partial charge in [0.2, 0.25) is 5.91 Å². The molecule has 1 atom stereocenters. The number of hydrogen-bond donors (Lipinski definition) is 2. The summed E-state index contributed by atoms with van der Waals surface area (Å²) in [7, 11) is 0. The third kappa shape index (κ3) is 5.41. The highest BCUT2D eigenvalue weighted by molar-refractivity contribution is 5.97. The SMILES string of the molecule is CCNC(=O)NC(=O)C(c1ccccc1)N1CCN(Cc2ccccc2)CC1. The Labute approximate surface area is 166 Å². The standard InChI is InChI=1S/C22H28N4O2/c1-2-23-22(28)24-21(27)20(19-11-7-4-8-12-19)26-15-13-25(14-16-26)17-18-9-5-3-6-10-18/h3-12,20H,2,13-17H2,1H3,(H2,23,24,27,28). The smallest absolute Gasteiger partial charge is 0.321 e. The van der Waals surface area contributed by atoms with Crippen LogP contribution in [0, 0.1) is 0 Å². The van der Waals surface area contributed by atoms with E-state index in [0.717, 1.165) is 38.3 Å². The van der Waals surface area contributed by atoms with Crippen molar-refractivity contribution in [3.8, 4) is 0 Å². The lowest BCUT2D eigenvalue weighted by atomic mass is 10.0. The van der Waals surface area contributed by atoms with Gasteiger partial charge in [0, 0.05) is 39.3 Å². The van der Waals surface area contributed by atoms with Gasteiger partial charge < -0.3 is 5.32 Å². The van der Waals surface area contributed by atoms with Gasteiger partial charge in [0.05, 0.1) is 0 Å². The molecule has 0 bridgehead atoms. The summed E-state index contributed by atoms with van der Waals surface area (Å²) in [6.45, 7) is 6.53. The second-order valence-corrected chi connectivity index (χ2v) is 6.96. The topological polar surface area (TPSA) is 64.7 Å². The van der Waals surface area contributed by atoms with Crippen LogP contribution in [0.2, 0.25) is 0 Å². The van der Waals surface area contributed by atoms with Crippen molar-refractivity contribution < 1.29 is 9.59 Å². The van der Waals surface area contributed by atoms with E-state index in [2.05, 4.69) is 44.7 Å². The van der Waals surface area contributed by atoms with Crippen LogP contribution in [0.5, 0.6) is 0 Å². The number of nitrogens with one attached hydrogen (secondary N) is 2. The van der Waals surface area contributed by atoms with Crippen molar-refractivity contribution in [1.82, 2.24) is 20.4 Å². The fourth-order valence-corrected chi connectivity index (χ4v) is 3.57. The minimum Gasteiger partial charge on any atom is -0.338 e. The van der Waals surface area contributed by atoms with Crippen LogP contribution < -0.4 is 10.6 Å². The zero-order valence-electron chi connectivity index (χ0n) is 16.3. The Kier molecular flexibility index (Phi) is 7.17. The van der Waals surface area contributed by atoms with E-state index in [9.17, 15) is 9.59 Å². The van der Waals surface area contributed by atoms with Crippen LogP contribution in [0.1, 0.15) is 24.1 Å². The van der Waals surface area contributed by atoms with Crippen molar-refractivity contribution in [3.05, 3.63) is 71.8 Å². The first-order valence-corrected chi connectivity index (χ1v) is 9.81. The summed E-state index contributed by atoms with van der Waals surface area (Å²) in [6.07, 6.45) is 0. The fourth-order valence-electron chi connectivity index (χ4n) is 3.57. The van der Waals surface area contributed by atoms with E-state index >= 15 is 0 Å². The van der Waals surface area contributed by atoms with Crippen LogP contribution in [-0.2, 0) is 11.3 Å². The molecule has 1 unspecified atom stereocenters. The normalized spacial score (nSPS) is 16.3. The molecule has 1 heterocycles. The van der Waals surface area contributed by atoms with E-state index in [1.165, 1.54) is 5.56 Å². The maximum atomic E-state index is 12.9. The molecule has 6 nitrogen and oxygen atoms in total. The molecule has 0 aromatic heterocycles. The zero-order chi connectivity index (χ0) is 19.8. The highest BCUT2D eigenvalue weighted by Gasteiger charge is 2.31. The highest BCUT2D eigenvalue weighted by Crippen LogP contribution is 2.23. The summed E-state index contributed by atoms with van der Waals surface area (Å²) in [5.41, 5.74) is 2.20. The Hall–Kier alpha value is -2.70. The molecule has 0 aliphatic carbocycles. The Bertz CT molecular complexity index is 759. The zero-order valence-corrected chi connectivity index (χ0v) is 16.3. The third-order valence-electron chi connectivity index (χ3n) is 4.96. The number of rotatable bonds is 6. The van der Waals surface area contributed by atoms with Gasteiger partial charge in [-0.15, -0.1) is 0 Å². The second kappa shape index (κ2) is 10.0. The molecule has 6 heteroatoms. The maximum absolute atomic E-state index is 12.9. The molecule has 1 aliphatic heterocycles. The number of benzene rings is 2. The van der Waals surface area contributed by atoms with E-state index in [1.807, 2.05) is 43.3 Å². The van der Waals surface area contributed by atoms with Crippen LogP contribution in [-0.4, -0.2) is 54.5 Å². The average Bonchev–Trinajstić information content (AvgIpc) is 2.71. The molecule has 0 spiro atoms. The van der Waals surface area contributed by atoms with Crippen molar-refractivity contribution in [3.63, 3.8) is 0 Å². The Balaban J connectivity index is 1.66. The molecule has 0 saturated carbocycles. The number of urea groups is 1. The van der Waals surface area contributed by atoms with Gasteiger partial charge in [-0.05, 0) is 18.1 Å². The van der Waals surface area contributed by atoms with Gasteiger partial charge in [-0.3, -0.25) is 19.9 Å². The van der Waals surface area contributed by atoms with E-state index in [0.29, 0.717) is 6.54 Å². The highest BCUT2D eigenvalue weighted by atomic mass is 16.2. The molecule has 28 heavy (non-hydrogen) atoms. The Morgan fingerprint density at radius 1 is 0.929 bits per heavy atom. The number of piperazine rings is 1. The predicted octanol–water partition coefficient (Wildman–Crippen LogP) is 2.39. The maximum Gasteiger partial charge on any atom is 0.321 e. The first-order chi connectivity index (χ1) is 13.7. The van der Waals surface area contributed by atoms with Crippen LogP contribution in [0.25, 0.3) is 0 Å². The number of nitrogens with zero attached hydrogens (tertiary/aromatic N) is 2. The van der Waals surface area contributed by atoms with Crippen LogP contribution in [0.3, 0.4) is 0 Å². The summed E-state index contributed by atoms with van der Waals surface area (Å²) in [5.74, 6) is -0.284. The lowest BCUT2D eigenvalue weighted by Gasteiger charge is -2.38. The quantitative estimate of drug-likeness (QED) is 0.808. The van der Waals surface area contributed by atoms with Crippen LogP contribution in [0.4, 0.5) is 4.79 Å². The van der Waals surface area contributed by atoms with Gasteiger partial charge in [-0.2, -0.15) is 0 Å². The minimum atomic E-state index is -0.470. The molecule has 2 N–H and O–H groups in total. The molecule has 148 valence electrons. The monoisotopic (exact) mass is 380 g/mol. The van der Waals surface area contributed by atoms with Crippen molar-refractivity contribution >= 4 is 11.9 Å². The lowest BCUT2D eigenvalue weighted by Crippen LogP contribution is -2.52. The first kappa shape index (κ1) is 20.0. The predicted molar refractivity (Wildman–Crippen MR) is 110 cm³/mol. The number of hydrogen-bond acceptors (Lipinski definition) is 4. The molecule has 1 aliphatic rings. The van der Waals surface area contributed by atoms with Gasteiger partial charge in [0.15, 0.2) is 0 Å². The van der Waals surface area contributed by atoms with Crippen LogP contribution in [0.15, 0.2) is 60.7 Å². The van der Waals surface area contributed by atoms with E-state index in [4.69, 9.17) is 0 Å². The van der Waals surface area contributed by atoms with Gasteiger partial charge in [-0.1, -0.05) is 60.7 Å².